The fourth-order valence-electron chi connectivity index (χ4n) is 1.04. The van der Waals surface area contributed by atoms with Crippen molar-refractivity contribution in [2.24, 2.45) is 0 Å². The second kappa shape index (κ2) is 5.68. The molecule has 0 aliphatic carbocycles. The van der Waals surface area contributed by atoms with E-state index in [2.05, 4.69) is 5.32 Å². The molecule has 2 atom stereocenters. The smallest absolute Gasteiger partial charge is 0.407 e. The Bertz CT molecular complexity index is 357. The molecule has 6 nitrogen and oxygen atoms in total. The van der Waals surface area contributed by atoms with Crippen LogP contribution in [0.3, 0.4) is 0 Å². The molecule has 17 heavy (non-hydrogen) atoms. The number of aliphatic hydroxyl groups is 1. The van der Waals surface area contributed by atoms with E-state index in [1.807, 2.05) is 0 Å². The summed E-state index contributed by atoms with van der Waals surface area (Å²) in [6, 6.07) is -0.491. The molecule has 0 spiro atoms. The average Bonchev–Trinajstić information content (AvgIpc) is 1.96. The van der Waals surface area contributed by atoms with Gasteiger partial charge in [0, 0.05) is 18.7 Å². The zero-order valence-corrected chi connectivity index (χ0v) is 11.7. The van der Waals surface area contributed by atoms with Crippen molar-refractivity contribution < 1.29 is 23.1 Å². The van der Waals surface area contributed by atoms with Crippen molar-refractivity contribution in [2.75, 3.05) is 6.26 Å². The van der Waals surface area contributed by atoms with Crippen LogP contribution in [0.25, 0.3) is 0 Å². The third-order valence-electron chi connectivity index (χ3n) is 1.81. The number of hydrogen-bond acceptors (Lipinski definition) is 5. The minimum absolute atomic E-state index is 0.0714. The maximum atomic E-state index is 11.3. The minimum atomic E-state index is -3.51. The third-order valence-corrected chi connectivity index (χ3v) is 2.99. The van der Waals surface area contributed by atoms with E-state index in [-0.39, 0.29) is 6.42 Å². The first-order chi connectivity index (χ1) is 7.42. The number of carbonyl (C=O) groups excluding carboxylic acids is 1. The lowest BCUT2D eigenvalue weighted by Crippen LogP contribution is -2.40. The number of nitrogens with one attached hydrogen (secondary N) is 1. The van der Waals surface area contributed by atoms with Crippen molar-refractivity contribution in [3.63, 3.8) is 0 Å². The average molecular weight is 267 g/mol. The third kappa shape index (κ3) is 7.98. The molecule has 2 N–H and O–H groups in total. The summed E-state index contributed by atoms with van der Waals surface area (Å²) in [4.78, 5) is 11.3. The van der Waals surface area contributed by atoms with Gasteiger partial charge in [-0.1, -0.05) is 0 Å². The Hall–Kier alpha value is -0.820. The molecule has 0 bridgehead atoms. The van der Waals surface area contributed by atoms with E-state index in [4.69, 9.17) is 4.74 Å². The highest BCUT2D eigenvalue weighted by molar-refractivity contribution is 7.91. The fraction of sp³-hybridized carbons (Fsp3) is 0.900. The largest absolute Gasteiger partial charge is 0.444 e. The van der Waals surface area contributed by atoms with E-state index in [1.54, 1.807) is 27.7 Å². The number of aliphatic hydroxyl groups excluding tert-OH is 1. The molecular weight excluding hydrogens is 246 g/mol. The van der Waals surface area contributed by atoms with Gasteiger partial charge in [-0.2, -0.15) is 0 Å². The zero-order valence-electron chi connectivity index (χ0n) is 10.9. The van der Waals surface area contributed by atoms with Crippen molar-refractivity contribution >= 4 is 15.9 Å². The van der Waals surface area contributed by atoms with Crippen LogP contribution in [0.15, 0.2) is 0 Å². The van der Waals surface area contributed by atoms with Crippen LogP contribution in [0.1, 0.15) is 34.1 Å². The highest BCUT2D eigenvalue weighted by Gasteiger charge is 2.23. The summed E-state index contributed by atoms with van der Waals surface area (Å²) in [6.07, 6.45) is 0.237. The Morgan fingerprint density at radius 2 is 1.88 bits per heavy atom. The second-order valence-corrected chi connectivity index (χ2v) is 7.27. The van der Waals surface area contributed by atoms with Crippen LogP contribution < -0.4 is 5.32 Å². The predicted molar refractivity (Wildman–Crippen MR) is 64.3 cm³/mol. The van der Waals surface area contributed by atoms with Crippen molar-refractivity contribution in [3.8, 4) is 0 Å². The lowest BCUT2D eigenvalue weighted by atomic mass is 10.2. The molecule has 2 unspecified atom stereocenters. The second-order valence-electron chi connectivity index (χ2n) is 5.07. The van der Waals surface area contributed by atoms with Gasteiger partial charge in [-0.25, -0.2) is 13.2 Å². The SMILES string of the molecule is CC(CC(O)S(C)(=O)=O)NC(=O)OC(C)(C)C. The Kier molecular flexibility index (Phi) is 5.41. The van der Waals surface area contributed by atoms with Crippen LogP contribution in [0, 0.1) is 0 Å². The van der Waals surface area contributed by atoms with Crippen LogP contribution in [-0.2, 0) is 14.6 Å². The summed E-state index contributed by atoms with van der Waals surface area (Å²) in [5.74, 6) is 0. The number of hydrogen-bond donors (Lipinski definition) is 2. The van der Waals surface area contributed by atoms with E-state index in [9.17, 15) is 18.3 Å². The molecule has 0 aromatic heterocycles. The minimum Gasteiger partial charge on any atom is -0.444 e. The van der Waals surface area contributed by atoms with E-state index in [0.29, 0.717) is 0 Å². The van der Waals surface area contributed by atoms with Gasteiger partial charge in [-0.15, -0.1) is 0 Å². The van der Waals surface area contributed by atoms with Gasteiger partial charge in [0.05, 0.1) is 0 Å². The van der Waals surface area contributed by atoms with Gasteiger partial charge in [0.2, 0.25) is 0 Å². The Balaban J connectivity index is 4.20. The molecule has 1 amide bonds. The van der Waals surface area contributed by atoms with Gasteiger partial charge in [0.15, 0.2) is 15.3 Å². The van der Waals surface area contributed by atoms with Crippen LogP contribution in [0.2, 0.25) is 0 Å². The molecule has 0 rings (SSSR count). The lowest BCUT2D eigenvalue weighted by Gasteiger charge is -2.22. The van der Waals surface area contributed by atoms with E-state index < -0.39 is 33.0 Å². The number of ether oxygens (including phenoxy) is 1. The van der Waals surface area contributed by atoms with Crippen LogP contribution >= 0.6 is 0 Å². The van der Waals surface area contributed by atoms with Crippen LogP contribution in [0.5, 0.6) is 0 Å². The summed E-state index contributed by atoms with van der Waals surface area (Å²) in [5.41, 5.74) is -2.09. The molecule has 102 valence electrons. The summed E-state index contributed by atoms with van der Waals surface area (Å²) in [7, 11) is -3.51. The Morgan fingerprint density at radius 3 is 2.24 bits per heavy atom. The molecule has 0 aromatic carbocycles. The highest BCUT2D eigenvalue weighted by atomic mass is 32.2. The van der Waals surface area contributed by atoms with Crippen molar-refractivity contribution in [1.29, 1.82) is 0 Å². The van der Waals surface area contributed by atoms with Gasteiger partial charge in [0.25, 0.3) is 0 Å². The molecule has 0 saturated heterocycles. The van der Waals surface area contributed by atoms with E-state index in [0.717, 1.165) is 6.26 Å². The highest BCUT2D eigenvalue weighted by Crippen LogP contribution is 2.08. The topological polar surface area (TPSA) is 92.7 Å². The van der Waals surface area contributed by atoms with Crippen LogP contribution in [-0.4, -0.2) is 43.0 Å². The van der Waals surface area contributed by atoms with Gasteiger partial charge in [-0.05, 0) is 27.7 Å². The molecule has 0 heterocycles. The van der Waals surface area contributed by atoms with Gasteiger partial charge >= 0.3 is 6.09 Å². The summed E-state index contributed by atoms with van der Waals surface area (Å²) in [6.45, 7) is 6.77. The molecule has 7 heteroatoms. The van der Waals surface area contributed by atoms with Crippen molar-refractivity contribution in [2.45, 2.75) is 51.2 Å². The molecular formula is C10H21NO5S. The maximum Gasteiger partial charge on any atom is 0.407 e. The van der Waals surface area contributed by atoms with Crippen molar-refractivity contribution in [3.05, 3.63) is 0 Å². The molecule has 0 aliphatic heterocycles. The van der Waals surface area contributed by atoms with Gasteiger partial charge in [0.1, 0.15) is 5.60 Å². The molecule has 0 aromatic rings. The molecule has 0 fully saturated rings. The Morgan fingerprint density at radius 1 is 1.41 bits per heavy atom. The Labute approximate surface area is 102 Å². The fourth-order valence-corrected chi connectivity index (χ4v) is 1.68. The first kappa shape index (κ1) is 16.2. The lowest BCUT2D eigenvalue weighted by molar-refractivity contribution is 0.0499. The predicted octanol–water partition coefficient (Wildman–Crippen LogP) is 0.653. The number of sulfone groups is 1. The van der Waals surface area contributed by atoms with E-state index in [1.165, 1.54) is 0 Å². The first-order valence-corrected chi connectivity index (χ1v) is 7.23. The molecule has 0 radical (unpaired) electrons. The number of alkyl carbamates (subject to hydrolysis) is 1. The maximum absolute atomic E-state index is 11.3. The van der Waals surface area contributed by atoms with E-state index >= 15 is 0 Å². The normalized spacial score (nSPS) is 16.1. The first-order valence-electron chi connectivity index (χ1n) is 5.28. The molecule has 0 aliphatic rings. The number of amides is 1. The standard InChI is InChI=1S/C10H21NO5S/c1-7(6-8(12)17(5,14)15)11-9(13)16-10(2,3)4/h7-8,12H,6H2,1-5H3,(H,11,13). The summed E-state index contributed by atoms with van der Waals surface area (Å²) >= 11 is 0. The monoisotopic (exact) mass is 267 g/mol. The van der Waals surface area contributed by atoms with Crippen molar-refractivity contribution in [1.82, 2.24) is 5.32 Å². The molecule has 0 saturated carbocycles. The number of rotatable bonds is 4. The summed E-state index contributed by atoms with van der Waals surface area (Å²) in [5, 5.41) is 11.8. The number of carbonyl (C=O) groups is 1. The zero-order chi connectivity index (χ0) is 13.9. The van der Waals surface area contributed by atoms with Crippen LogP contribution in [0.4, 0.5) is 4.79 Å². The quantitative estimate of drug-likeness (QED) is 0.780. The van der Waals surface area contributed by atoms with Gasteiger partial charge < -0.3 is 15.2 Å². The van der Waals surface area contributed by atoms with Gasteiger partial charge in [-0.3, -0.25) is 0 Å². The summed E-state index contributed by atoms with van der Waals surface area (Å²) < 4.78 is 27.0.